The Balaban J connectivity index is 2.29. The Hall–Kier alpha value is -1.56. The first kappa shape index (κ1) is 12.9. The summed E-state index contributed by atoms with van der Waals surface area (Å²) in [5, 5.41) is 7.11. The fourth-order valence-electron chi connectivity index (χ4n) is 2.10. The predicted octanol–water partition coefficient (Wildman–Crippen LogP) is 0.466. The number of hydrogen-bond donors (Lipinski definition) is 1. The number of carbonyl (C=O) groups excluding carboxylic acids is 2. The minimum Gasteiger partial charge on any atom is -0.465 e. The Morgan fingerprint density at radius 3 is 3.00 bits per heavy atom. The largest absolute Gasteiger partial charge is 0.465 e. The van der Waals surface area contributed by atoms with Crippen molar-refractivity contribution in [1.82, 2.24) is 15.1 Å². The first-order valence-corrected chi connectivity index (χ1v) is 6.05. The van der Waals surface area contributed by atoms with E-state index in [0.717, 1.165) is 0 Å². The van der Waals surface area contributed by atoms with Gasteiger partial charge in [-0.2, -0.15) is 5.10 Å². The summed E-state index contributed by atoms with van der Waals surface area (Å²) in [7, 11) is 1.70. The summed E-state index contributed by atoms with van der Waals surface area (Å²) >= 11 is 6.09. The number of aromatic nitrogens is 2. The molecule has 0 aliphatic carbocycles. The van der Waals surface area contributed by atoms with Crippen LogP contribution in [0.3, 0.4) is 0 Å². The summed E-state index contributed by atoms with van der Waals surface area (Å²) < 4.78 is 6.43. The lowest BCUT2D eigenvalue weighted by Gasteiger charge is -2.14. The summed E-state index contributed by atoms with van der Waals surface area (Å²) in [4.78, 5) is 23.5. The van der Waals surface area contributed by atoms with Gasteiger partial charge in [-0.1, -0.05) is 11.6 Å². The van der Waals surface area contributed by atoms with Crippen molar-refractivity contribution in [3.05, 3.63) is 16.9 Å². The molecule has 2 heterocycles. The van der Waals surface area contributed by atoms with E-state index < -0.39 is 11.9 Å². The van der Waals surface area contributed by atoms with Gasteiger partial charge in [-0.15, -0.1) is 0 Å². The molecule has 1 aromatic rings. The maximum atomic E-state index is 11.8. The molecule has 0 bridgehead atoms. The number of nitrogens with zero attached hydrogens (tertiary/aromatic N) is 2. The number of aryl methyl sites for hydroxylation is 1. The third-order valence-electron chi connectivity index (χ3n) is 3.01. The zero-order valence-electron chi connectivity index (χ0n) is 10.1. The molecule has 0 aromatic carbocycles. The van der Waals surface area contributed by atoms with Crippen molar-refractivity contribution in [2.45, 2.75) is 12.8 Å². The van der Waals surface area contributed by atoms with E-state index in [2.05, 4.69) is 10.4 Å². The summed E-state index contributed by atoms with van der Waals surface area (Å²) in [6.07, 6.45) is 1.58. The highest BCUT2D eigenvalue weighted by Gasteiger charge is 2.43. The number of hydrogen-bond acceptors (Lipinski definition) is 4. The van der Waals surface area contributed by atoms with Crippen LogP contribution in [0, 0.1) is 5.92 Å². The van der Waals surface area contributed by atoms with Gasteiger partial charge < -0.3 is 10.1 Å². The second-order valence-corrected chi connectivity index (χ2v) is 4.45. The van der Waals surface area contributed by atoms with Crippen molar-refractivity contribution in [3.63, 3.8) is 0 Å². The Bertz CT molecular complexity index is 486. The predicted molar refractivity (Wildman–Crippen MR) is 64.1 cm³/mol. The molecule has 1 N–H and O–H groups in total. The quantitative estimate of drug-likeness (QED) is 0.641. The zero-order valence-corrected chi connectivity index (χ0v) is 10.9. The van der Waals surface area contributed by atoms with Crippen molar-refractivity contribution in [2.24, 2.45) is 13.0 Å². The minimum absolute atomic E-state index is 0.246. The summed E-state index contributed by atoms with van der Waals surface area (Å²) in [6, 6.07) is 0. The lowest BCUT2D eigenvalue weighted by Crippen LogP contribution is -2.29. The van der Waals surface area contributed by atoms with Crippen molar-refractivity contribution in [2.75, 3.05) is 13.2 Å². The monoisotopic (exact) mass is 271 g/mol. The first-order valence-electron chi connectivity index (χ1n) is 5.68. The maximum absolute atomic E-state index is 11.8. The average molecular weight is 272 g/mol. The van der Waals surface area contributed by atoms with E-state index in [4.69, 9.17) is 16.3 Å². The molecule has 1 aromatic heterocycles. The van der Waals surface area contributed by atoms with Crippen LogP contribution in [0.25, 0.3) is 0 Å². The lowest BCUT2D eigenvalue weighted by atomic mass is 9.90. The van der Waals surface area contributed by atoms with Gasteiger partial charge in [0, 0.05) is 25.1 Å². The van der Waals surface area contributed by atoms with Crippen molar-refractivity contribution >= 4 is 23.5 Å². The number of rotatable bonds is 3. The Morgan fingerprint density at radius 2 is 2.44 bits per heavy atom. The summed E-state index contributed by atoms with van der Waals surface area (Å²) in [6.45, 7) is 2.32. The van der Waals surface area contributed by atoms with Crippen LogP contribution >= 0.6 is 11.6 Å². The van der Waals surface area contributed by atoms with Crippen LogP contribution in [0.2, 0.25) is 5.15 Å². The number of esters is 1. The van der Waals surface area contributed by atoms with Crippen LogP contribution in [0.15, 0.2) is 6.20 Å². The van der Waals surface area contributed by atoms with E-state index in [1.807, 2.05) is 0 Å². The van der Waals surface area contributed by atoms with Crippen molar-refractivity contribution in [3.8, 4) is 0 Å². The van der Waals surface area contributed by atoms with Gasteiger partial charge in [-0.3, -0.25) is 14.3 Å². The number of nitrogens with one attached hydrogen (secondary N) is 1. The number of ether oxygens (including phenoxy) is 1. The molecule has 1 fully saturated rings. The fraction of sp³-hybridized carbons (Fsp3) is 0.545. The van der Waals surface area contributed by atoms with Crippen LogP contribution in [0.5, 0.6) is 0 Å². The van der Waals surface area contributed by atoms with Crippen LogP contribution in [0.4, 0.5) is 0 Å². The lowest BCUT2D eigenvalue weighted by molar-refractivity contribution is -0.151. The minimum atomic E-state index is -0.841. The second-order valence-electron chi connectivity index (χ2n) is 4.10. The van der Waals surface area contributed by atoms with Gasteiger partial charge in [0.1, 0.15) is 11.1 Å². The Labute approximate surface area is 109 Å². The number of amides is 1. The van der Waals surface area contributed by atoms with Crippen LogP contribution in [0.1, 0.15) is 18.4 Å². The second kappa shape index (κ2) is 4.97. The van der Waals surface area contributed by atoms with E-state index in [-0.39, 0.29) is 18.4 Å². The normalized spacial score (nSPS) is 22.9. The number of halogens is 1. The Morgan fingerprint density at radius 1 is 1.72 bits per heavy atom. The van der Waals surface area contributed by atoms with Gasteiger partial charge >= 0.3 is 5.97 Å². The molecular weight excluding hydrogens is 258 g/mol. The van der Waals surface area contributed by atoms with Gasteiger partial charge in [0.25, 0.3) is 0 Å². The highest BCUT2D eigenvalue weighted by Crippen LogP contribution is 2.33. The topological polar surface area (TPSA) is 73.2 Å². The zero-order chi connectivity index (χ0) is 13.3. The summed E-state index contributed by atoms with van der Waals surface area (Å²) in [5.74, 6) is -2.00. The molecule has 0 spiro atoms. The molecule has 1 saturated heterocycles. The highest BCUT2D eigenvalue weighted by molar-refractivity contribution is 6.30. The number of carbonyl (C=O) groups is 2. The highest BCUT2D eigenvalue weighted by atomic mass is 35.5. The van der Waals surface area contributed by atoms with Gasteiger partial charge in [-0.05, 0) is 6.92 Å². The molecule has 1 unspecified atom stereocenters. The molecule has 6 nitrogen and oxygen atoms in total. The van der Waals surface area contributed by atoms with Crippen molar-refractivity contribution < 1.29 is 14.3 Å². The molecule has 1 aliphatic heterocycles. The van der Waals surface area contributed by atoms with Crippen molar-refractivity contribution in [1.29, 1.82) is 0 Å². The van der Waals surface area contributed by atoms with Gasteiger partial charge in [0.05, 0.1) is 12.8 Å². The summed E-state index contributed by atoms with van der Waals surface area (Å²) in [5.41, 5.74) is 0.690. The molecule has 0 saturated carbocycles. The maximum Gasteiger partial charge on any atom is 0.319 e. The van der Waals surface area contributed by atoms with E-state index in [0.29, 0.717) is 17.3 Å². The van der Waals surface area contributed by atoms with E-state index in [1.165, 1.54) is 4.68 Å². The fourth-order valence-corrected chi connectivity index (χ4v) is 2.33. The molecule has 7 heteroatoms. The molecule has 2 atom stereocenters. The molecule has 0 radical (unpaired) electrons. The average Bonchev–Trinajstić information content (AvgIpc) is 2.85. The van der Waals surface area contributed by atoms with Gasteiger partial charge in [-0.25, -0.2) is 0 Å². The van der Waals surface area contributed by atoms with Crippen LogP contribution in [-0.4, -0.2) is 34.8 Å². The molecule has 1 aliphatic rings. The SMILES string of the molecule is CCOC(=O)C1C(=O)NC[C@@H]1c1cnn(C)c1Cl. The molecule has 1 amide bonds. The molecule has 2 rings (SSSR count). The van der Waals surface area contributed by atoms with E-state index in [9.17, 15) is 9.59 Å². The Kier molecular flexibility index (Phi) is 3.56. The van der Waals surface area contributed by atoms with Gasteiger partial charge in [0.15, 0.2) is 0 Å². The molecule has 18 heavy (non-hydrogen) atoms. The van der Waals surface area contributed by atoms with Crippen LogP contribution in [-0.2, 0) is 21.4 Å². The van der Waals surface area contributed by atoms with Crippen LogP contribution < -0.4 is 5.32 Å². The molecule has 98 valence electrons. The van der Waals surface area contributed by atoms with Gasteiger partial charge in [0.2, 0.25) is 5.91 Å². The smallest absolute Gasteiger partial charge is 0.319 e. The molecular formula is C11H14ClN3O3. The first-order chi connectivity index (χ1) is 8.56. The standard InChI is InChI=1S/C11H14ClN3O3/c1-3-18-11(17)8-6(4-13-10(8)16)7-5-14-15(2)9(7)12/h5-6,8H,3-4H2,1-2H3,(H,13,16)/t6-,8?/m1/s1. The third kappa shape index (κ3) is 2.08. The third-order valence-corrected chi connectivity index (χ3v) is 3.48. The van der Waals surface area contributed by atoms with E-state index in [1.54, 1.807) is 20.2 Å². The van der Waals surface area contributed by atoms with E-state index >= 15 is 0 Å².